The van der Waals surface area contributed by atoms with Crippen molar-refractivity contribution in [3.05, 3.63) is 47.5 Å². The number of hydrogen-bond acceptors (Lipinski definition) is 5. The monoisotopic (exact) mass is 518 g/mol. The fraction of sp³-hybridized carbons (Fsp3) is 0.235. The van der Waals surface area contributed by atoms with Gasteiger partial charge >= 0.3 is 31.2 Å². The summed E-state index contributed by atoms with van der Waals surface area (Å²) in [4.78, 5) is 11.8. The lowest BCUT2D eigenvalue weighted by atomic mass is 10.2. The second-order valence-electron chi connectivity index (χ2n) is 5.86. The van der Waals surface area contributed by atoms with Crippen molar-refractivity contribution in [3.8, 4) is 23.0 Å². The van der Waals surface area contributed by atoms with Crippen molar-refractivity contribution in [2.24, 2.45) is 0 Å². The maximum absolute atomic E-state index is 13.1. The summed E-state index contributed by atoms with van der Waals surface area (Å²) in [7, 11) is 0. The van der Waals surface area contributed by atoms with E-state index >= 15 is 0 Å². The van der Waals surface area contributed by atoms with Gasteiger partial charge in [0.2, 0.25) is 0 Å². The Morgan fingerprint density at radius 2 is 0.882 bits per heavy atom. The molecule has 0 saturated heterocycles. The Labute approximate surface area is 179 Å². The topological polar surface area (TPSA) is 54.0 Å². The van der Waals surface area contributed by atoms with Crippen molar-refractivity contribution >= 4 is 6.16 Å². The average Bonchev–Trinajstić information content (AvgIpc) is 2.56. The quantitative estimate of drug-likeness (QED) is 0.246. The maximum Gasteiger partial charge on any atom is 0.573 e. The SMILES string of the molecule is O=C(Oc1cc(OC(F)(F)F)ccc1C(F)(F)F)Oc1cc(OC(F)(F)F)ccc1C(F)(F)F. The predicted molar refractivity (Wildman–Crippen MR) is 82.9 cm³/mol. The van der Waals surface area contributed by atoms with Crippen LogP contribution in [0.5, 0.6) is 23.0 Å². The number of benzene rings is 2. The Kier molecular flexibility index (Phi) is 7.09. The zero-order chi connectivity index (χ0) is 26.1. The lowest BCUT2D eigenvalue weighted by Gasteiger charge is -2.17. The second-order valence-corrected chi connectivity index (χ2v) is 5.86. The van der Waals surface area contributed by atoms with Gasteiger partial charge in [-0.25, -0.2) is 4.79 Å². The molecule has 0 spiro atoms. The van der Waals surface area contributed by atoms with Crippen LogP contribution >= 0.6 is 0 Å². The number of rotatable bonds is 4. The lowest BCUT2D eigenvalue weighted by Crippen LogP contribution is -2.21. The third-order valence-electron chi connectivity index (χ3n) is 3.37. The molecule has 0 atom stereocenters. The highest BCUT2D eigenvalue weighted by molar-refractivity contribution is 5.69. The summed E-state index contributed by atoms with van der Waals surface area (Å²) in [6.45, 7) is 0. The molecule has 34 heavy (non-hydrogen) atoms. The molecule has 2 aromatic rings. The molecular weight excluding hydrogens is 512 g/mol. The molecule has 2 aromatic carbocycles. The van der Waals surface area contributed by atoms with Crippen LogP contribution in [-0.2, 0) is 12.4 Å². The largest absolute Gasteiger partial charge is 0.573 e. The summed E-state index contributed by atoms with van der Waals surface area (Å²) < 4.78 is 167. The smallest absolute Gasteiger partial charge is 0.406 e. The number of halogens is 12. The lowest BCUT2D eigenvalue weighted by molar-refractivity contribution is -0.275. The van der Waals surface area contributed by atoms with E-state index in [0.717, 1.165) is 0 Å². The molecule has 5 nitrogen and oxygen atoms in total. The van der Waals surface area contributed by atoms with E-state index in [9.17, 15) is 57.5 Å². The van der Waals surface area contributed by atoms with Crippen LogP contribution in [0.2, 0.25) is 0 Å². The molecule has 17 heteroatoms. The third kappa shape index (κ3) is 7.80. The highest BCUT2D eigenvalue weighted by Crippen LogP contribution is 2.41. The van der Waals surface area contributed by atoms with Crippen molar-refractivity contribution in [1.82, 2.24) is 0 Å². The molecule has 188 valence electrons. The minimum absolute atomic E-state index is 0.00260. The average molecular weight is 518 g/mol. The molecule has 0 aromatic heterocycles. The number of hydrogen-bond donors (Lipinski definition) is 0. The number of carbonyl (C=O) groups is 1. The van der Waals surface area contributed by atoms with E-state index in [2.05, 4.69) is 18.9 Å². The molecule has 0 saturated carbocycles. The van der Waals surface area contributed by atoms with Gasteiger partial charge in [0.1, 0.15) is 11.5 Å². The van der Waals surface area contributed by atoms with Crippen molar-refractivity contribution in [1.29, 1.82) is 0 Å². The highest BCUT2D eigenvalue weighted by Gasteiger charge is 2.39. The van der Waals surface area contributed by atoms with Crippen molar-refractivity contribution in [2.75, 3.05) is 0 Å². The molecule has 0 heterocycles. The van der Waals surface area contributed by atoms with E-state index in [-0.39, 0.29) is 36.4 Å². The number of carbonyl (C=O) groups excluding carboxylic acids is 1. The van der Waals surface area contributed by atoms with E-state index in [1.807, 2.05) is 0 Å². The van der Waals surface area contributed by atoms with Crippen molar-refractivity contribution in [2.45, 2.75) is 25.1 Å². The van der Waals surface area contributed by atoms with Gasteiger partial charge in [0.05, 0.1) is 11.1 Å². The Bertz CT molecular complexity index is 956. The first kappa shape index (κ1) is 26.7. The summed E-state index contributed by atoms with van der Waals surface area (Å²) in [5, 5.41) is 0. The summed E-state index contributed by atoms with van der Waals surface area (Å²) in [5.41, 5.74) is -3.71. The van der Waals surface area contributed by atoms with Gasteiger partial charge in [-0.05, 0) is 24.3 Å². The van der Waals surface area contributed by atoms with Gasteiger partial charge < -0.3 is 18.9 Å². The van der Waals surface area contributed by atoms with Crippen LogP contribution in [0.1, 0.15) is 11.1 Å². The van der Waals surface area contributed by atoms with Gasteiger partial charge in [0.15, 0.2) is 11.5 Å². The summed E-state index contributed by atoms with van der Waals surface area (Å²) in [5.74, 6) is -5.95. The van der Waals surface area contributed by atoms with E-state index in [4.69, 9.17) is 0 Å². The van der Waals surface area contributed by atoms with Gasteiger partial charge in [-0.15, -0.1) is 26.3 Å². The van der Waals surface area contributed by atoms with Crippen LogP contribution in [0.4, 0.5) is 57.5 Å². The second kappa shape index (κ2) is 9.02. The van der Waals surface area contributed by atoms with Crippen molar-refractivity contribution in [3.63, 3.8) is 0 Å². The summed E-state index contributed by atoms with van der Waals surface area (Å²) >= 11 is 0. The third-order valence-corrected chi connectivity index (χ3v) is 3.37. The van der Waals surface area contributed by atoms with Crippen molar-refractivity contribution < 1.29 is 76.4 Å². The molecule has 0 unspecified atom stereocenters. The van der Waals surface area contributed by atoms with Crippen LogP contribution in [0.25, 0.3) is 0 Å². The zero-order valence-corrected chi connectivity index (χ0v) is 15.5. The van der Waals surface area contributed by atoms with E-state index < -0.39 is 65.4 Å². The highest BCUT2D eigenvalue weighted by atomic mass is 19.4. The first-order valence-corrected chi connectivity index (χ1v) is 8.08. The zero-order valence-electron chi connectivity index (χ0n) is 15.5. The van der Waals surface area contributed by atoms with Gasteiger partial charge in [0, 0.05) is 12.1 Å². The fourth-order valence-corrected chi connectivity index (χ4v) is 2.24. The molecular formula is C17H6F12O5. The molecule has 0 bridgehead atoms. The van der Waals surface area contributed by atoms with Crippen LogP contribution in [0.15, 0.2) is 36.4 Å². The summed E-state index contributed by atoms with van der Waals surface area (Å²) in [6.07, 6.45) is -23.8. The molecule has 0 fully saturated rings. The molecule has 0 aliphatic carbocycles. The Morgan fingerprint density at radius 3 is 1.15 bits per heavy atom. The first-order valence-electron chi connectivity index (χ1n) is 8.08. The van der Waals surface area contributed by atoms with E-state index in [0.29, 0.717) is 0 Å². The van der Waals surface area contributed by atoms with Crippen LogP contribution in [0, 0.1) is 0 Å². The van der Waals surface area contributed by atoms with E-state index in [1.54, 1.807) is 0 Å². The van der Waals surface area contributed by atoms with Gasteiger partial charge in [-0.1, -0.05) is 0 Å². The normalized spacial score (nSPS) is 12.8. The van der Waals surface area contributed by atoms with Crippen LogP contribution in [0.3, 0.4) is 0 Å². The van der Waals surface area contributed by atoms with E-state index in [1.165, 1.54) is 0 Å². The molecule has 0 amide bonds. The predicted octanol–water partition coefficient (Wildman–Crippen LogP) is 7.10. The Balaban J connectivity index is 2.41. The van der Waals surface area contributed by atoms with Crippen LogP contribution in [-0.4, -0.2) is 18.9 Å². The molecule has 0 radical (unpaired) electrons. The fourth-order valence-electron chi connectivity index (χ4n) is 2.24. The number of alkyl halides is 12. The van der Waals surface area contributed by atoms with Crippen LogP contribution < -0.4 is 18.9 Å². The van der Waals surface area contributed by atoms with Gasteiger partial charge in [0.25, 0.3) is 0 Å². The summed E-state index contributed by atoms with van der Waals surface area (Å²) in [6, 6.07) is 0.282. The minimum atomic E-state index is -5.38. The molecule has 0 aliphatic rings. The Morgan fingerprint density at radius 1 is 0.559 bits per heavy atom. The van der Waals surface area contributed by atoms with Gasteiger partial charge in [-0.3, -0.25) is 0 Å². The van der Waals surface area contributed by atoms with Gasteiger partial charge in [-0.2, -0.15) is 26.3 Å². The Hall–Kier alpha value is -3.53. The standard InChI is InChI=1S/C17H6F12O5/c18-14(19,20)9-3-1-7(33-16(24,25)26)5-11(9)31-13(30)32-12-6-8(34-17(27,28)29)2-4-10(12)15(21,22)23/h1-6H. The molecule has 2 rings (SSSR count). The first-order chi connectivity index (χ1) is 15.2. The molecule has 0 aliphatic heterocycles. The maximum atomic E-state index is 13.1. The number of ether oxygens (including phenoxy) is 4. The minimum Gasteiger partial charge on any atom is -0.406 e. The molecule has 0 N–H and O–H groups in total.